The third-order valence-corrected chi connectivity index (χ3v) is 5.79. The summed E-state index contributed by atoms with van der Waals surface area (Å²) >= 11 is 0. The molecule has 0 unspecified atom stereocenters. The van der Waals surface area contributed by atoms with E-state index in [0.29, 0.717) is 22.5 Å². The Balaban J connectivity index is 1.55. The lowest BCUT2D eigenvalue weighted by Crippen LogP contribution is -2.40. The van der Waals surface area contributed by atoms with Gasteiger partial charge in [-0.3, -0.25) is 4.79 Å². The molecule has 7 heteroatoms. The molecule has 0 bridgehead atoms. The summed E-state index contributed by atoms with van der Waals surface area (Å²) in [7, 11) is 0. The van der Waals surface area contributed by atoms with Crippen LogP contribution in [0.3, 0.4) is 0 Å². The first-order valence-corrected chi connectivity index (χ1v) is 10.9. The minimum atomic E-state index is -0.486. The van der Waals surface area contributed by atoms with Crippen molar-refractivity contribution in [3.8, 4) is 0 Å². The molecule has 0 atom stereocenters. The van der Waals surface area contributed by atoms with Gasteiger partial charge in [-0.2, -0.15) is 0 Å². The van der Waals surface area contributed by atoms with E-state index in [1.807, 2.05) is 42.5 Å². The molecule has 166 valence electrons. The number of hydrogen-bond acceptors (Lipinski definition) is 4. The van der Waals surface area contributed by atoms with Gasteiger partial charge in [0.1, 0.15) is 5.69 Å². The number of esters is 1. The van der Waals surface area contributed by atoms with E-state index < -0.39 is 5.97 Å². The van der Waals surface area contributed by atoms with Crippen molar-refractivity contribution in [2.75, 3.05) is 18.5 Å². The molecule has 4 rings (SSSR count). The number of ether oxygens (including phenoxy) is 1. The third-order valence-electron chi connectivity index (χ3n) is 5.79. The van der Waals surface area contributed by atoms with E-state index in [1.54, 1.807) is 25.7 Å². The van der Waals surface area contributed by atoms with E-state index in [-0.39, 0.29) is 36.7 Å². The summed E-state index contributed by atoms with van der Waals surface area (Å²) in [6.07, 6.45) is 1.74. The second-order valence-electron chi connectivity index (χ2n) is 8.08. The number of aromatic amines is 1. The predicted molar refractivity (Wildman–Crippen MR) is 123 cm³/mol. The van der Waals surface area contributed by atoms with Gasteiger partial charge in [0.05, 0.1) is 18.8 Å². The molecular weight excluding hydrogens is 406 g/mol. The number of aryl methyl sites for hydroxylation is 1. The molecule has 2 aromatic carbocycles. The van der Waals surface area contributed by atoms with Gasteiger partial charge in [-0.05, 0) is 50.6 Å². The van der Waals surface area contributed by atoms with Crippen molar-refractivity contribution in [1.82, 2.24) is 9.88 Å². The number of urea groups is 1. The maximum atomic E-state index is 13.2. The Labute approximate surface area is 186 Å². The molecule has 1 fully saturated rings. The number of H-pyrrole nitrogens is 1. The minimum Gasteiger partial charge on any atom is -0.461 e. The molecule has 1 saturated carbocycles. The number of benzene rings is 2. The summed E-state index contributed by atoms with van der Waals surface area (Å²) in [5.41, 5.74) is 2.59. The number of carbonyl (C=O) groups is 3. The zero-order valence-corrected chi connectivity index (χ0v) is 18.5. The van der Waals surface area contributed by atoms with Gasteiger partial charge < -0.3 is 19.9 Å². The van der Waals surface area contributed by atoms with Crippen LogP contribution in [0.5, 0.6) is 0 Å². The van der Waals surface area contributed by atoms with Crippen LogP contribution in [-0.2, 0) is 4.74 Å². The summed E-state index contributed by atoms with van der Waals surface area (Å²) < 4.78 is 5.07. The van der Waals surface area contributed by atoms with Crippen LogP contribution >= 0.6 is 0 Å². The van der Waals surface area contributed by atoms with E-state index >= 15 is 0 Å². The molecule has 32 heavy (non-hydrogen) atoms. The van der Waals surface area contributed by atoms with Gasteiger partial charge in [0.2, 0.25) is 0 Å². The van der Waals surface area contributed by atoms with E-state index in [9.17, 15) is 14.4 Å². The highest BCUT2D eigenvalue weighted by molar-refractivity contribution is 6.06. The number of nitrogens with one attached hydrogen (secondary N) is 2. The Bertz CT molecular complexity index is 1190. The highest BCUT2D eigenvalue weighted by Crippen LogP contribution is 2.30. The first-order chi connectivity index (χ1) is 15.4. The Morgan fingerprint density at radius 3 is 2.53 bits per heavy atom. The number of nitrogens with zero attached hydrogens (tertiary/aromatic N) is 1. The van der Waals surface area contributed by atoms with Gasteiger partial charge in [0, 0.05) is 22.7 Å². The number of rotatable bonds is 7. The van der Waals surface area contributed by atoms with Crippen LogP contribution in [-0.4, -0.2) is 46.9 Å². The smallest absolute Gasteiger partial charge is 0.355 e. The van der Waals surface area contributed by atoms with Crippen LogP contribution in [0.4, 0.5) is 10.5 Å². The second kappa shape index (κ2) is 8.86. The highest BCUT2D eigenvalue weighted by atomic mass is 16.5. The topological polar surface area (TPSA) is 91.5 Å². The van der Waals surface area contributed by atoms with Crippen LogP contribution in [0.15, 0.2) is 42.5 Å². The standard InChI is InChI=1S/C25H27N3O4/c1-4-32-24(30)23-15(2)22(16(3)26-23)21(29)14-28(18-12-13-18)25(31)27-20-11-7-9-17-8-5-6-10-19(17)20/h5-11,18,26H,4,12-14H2,1-3H3,(H,27,31). The number of aromatic nitrogens is 1. The first-order valence-electron chi connectivity index (χ1n) is 10.9. The van der Waals surface area contributed by atoms with Crippen molar-refractivity contribution in [3.63, 3.8) is 0 Å². The van der Waals surface area contributed by atoms with Gasteiger partial charge in [0.15, 0.2) is 5.78 Å². The molecule has 1 heterocycles. The lowest BCUT2D eigenvalue weighted by molar-refractivity contribution is 0.0519. The van der Waals surface area contributed by atoms with Gasteiger partial charge in [0.25, 0.3) is 0 Å². The molecular formula is C25H27N3O4. The third kappa shape index (κ3) is 4.23. The molecule has 2 N–H and O–H groups in total. The summed E-state index contributed by atoms with van der Waals surface area (Å²) in [6.45, 7) is 5.41. The number of hydrogen-bond donors (Lipinski definition) is 2. The number of fused-ring (bicyclic) bond motifs is 1. The maximum Gasteiger partial charge on any atom is 0.355 e. The number of amides is 2. The van der Waals surface area contributed by atoms with E-state index in [0.717, 1.165) is 23.6 Å². The fraction of sp³-hybridized carbons (Fsp3) is 0.320. The fourth-order valence-corrected chi connectivity index (χ4v) is 4.08. The van der Waals surface area contributed by atoms with Crippen LogP contribution in [0.25, 0.3) is 10.8 Å². The largest absolute Gasteiger partial charge is 0.461 e. The zero-order valence-electron chi connectivity index (χ0n) is 18.5. The van der Waals surface area contributed by atoms with Crippen molar-refractivity contribution in [2.45, 2.75) is 39.7 Å². The average Bonchev–Trinajstić information content (AvgIpc) is 3.56. The number of carbonyl (C=O) groups excluding carboxylic acids is 3. The normalized spacial score (nSPS) is 13.1. The Hall–Kier alpha value is -3.61. The lowest BCUT2D eigenvalue weighted by atomic mass is 10.1. The van der Waals surface area contributed by atoms with Crippen molar-refractivity contribution in [1.29, 1.82) is 0 Å². The van der Waals surface area contributed by atoms with Gasteiger partial charge in [-0.1, -0.05) is 36.4 Å². The van der Waals surface area contributed by atoms with Crippen LogP contribution in [0.2, 0.25) is 0 Å². The molecule has 0 spiro atoms. The molecule has 3 aromatic rings. The second-order valence-corrected chi connectivity index (χ2v) is 8.08. The van der Waals surface area contributed by atoms with Crippen molar-refractivity contribution < 1.29 is 19.1 Å². The zero-order chi connectivity index (χ0) is 22.8. The minimum absolute atomic E-state index is 0.0398. The Morgan fingerprint density at radius 2 is 1.81 bits per heavy atom. The maximum absolute atomic E-state index is 13.2. The Kier molecular flexibility index (Phi) is 5.99. The fourth-order valence-electron chi connectivity index (χ4n) is 4.08. The molecule has 1 aliphatic carbocycles. The van der Waals surface area contributed by atoms with Crippen LogP contribution < -0.4 is 5.32 Å². The van der Waals surface area contributed by atoms with Gasteiger partial charge >= 0.3 is 12.0 Å². The molecule has 1 aliphatic rings. The predicted octanol–water partition coefficient (Wildman–Crippen LogP) is 4.84. The summed E-state index contributed by atoms with van der Waals surface area (Å²) in [5, 5.41) is 4.96. The summed E-state index contributed by atoms with van der Waals surface area (Å²) in [6, 6.07) is 13.3. The number of ketones is 1. The number of anilines is 1. The quantitative estimate of drug-likeness (QED) is 0.412. The summed E-state index contributed by atoms with van der Waals surface area (Å²) in [4.78, 5) is 43.1. The van der Waals surface area contributed by atoms with E-state index in [4.69, 9.17) is 4.74 Å². The Morgan fingerprint density at radius 1 is 1.09 bits per heavy atom. The molecule has 2 amide bonds. The first kappa shape index (κ1) is 21.6. The van der Waals surface area contributed by atoms with E-state index in [2.05, 4.69) is 10.3 Å². The monoisotopic (exact) mass is 433 g/mol. The van der Waals surface area contributed by atoms with E-state index in [1.165, 1.54) is 0 Å². The molecule has 0 saturated heterocycles. The van der Waals surface area contributed by atoms with Crippen LogP contribution in [0.1, 0.15) is 51.9 Å². The average molecular weight is 434 g/mol. The molecule has 7 nitrogen and oxygen atoms in total. The van der Waals surface area contributed by atoms with Crippen molar-refractivity contribution in [3.05, 3.63) is 65.0 Å². The molecule has 0 radical (unpaired) electrons. The number of Topliss-reactive ketones (excluding diaryl/α,β-unsaturated/α-hetero) is 1. The van der Waals surface area contributed by atoms with Crippen molar-refractivity contribution in [2.24, 2.45) is 0 Å². The highest BCUT2D eigenvalue weighted by Gasteiger charge is 2.35. The van der Waals surface area contributed by atoms with Gasteiger partial charge in [-0.15, -0.1) is 0 Å². The molecule has 0 aliphatic heterocycles. The lowest BCUT2D eigenvalue weighted by Gasteiger charge is -2.23. The van der Waals surface area contributed by atoms with Crippen molar-refractivity contribution >= 4 is 34.2 Å². The molecule has 1 aromatic heterocycles. The van der Waals surface area contributed by atoms with Gasteiger partial charge in [-0.25, -0.2) is 9.59 Å². The van der Waals surface area contributed by atoms with Crippen LogP contribution in [0, 0.1) is 13.8 Å². The summed E-state index contributed by atoms with van der Waals surface area (Å²) in [5.74, 6) is -0.688. The SMILES string of the molecule is CCOC(=O)c1[nH]c(C)c(C(=O)CN(C(=O)Nc2cccc3ccccc23)C2CC2)c1C.